The zero-order chi connectivity index (χ0) is 25.0. The monoisotopic (exact) mass is 481 g/mol. The lowest BCUT2D eigenvalue weighted by molar-refractivity contribution is 0.151. The standard InChI is InChI=1S/C32H51NO2/c1-3-5-7-9-10-11-12-13-14-18-26-35-32-21-17-16-20-31(32)30-24-25-33-27-28(30)22-23-29(34)19-15-8-6-4-2/h16-17,20-21,24-25,27,29,34H,3-15,18-19,22-23,26H2,1-2H3. The van der Waals surface area contributed by atoms with Gasteiger partial charge in [-0.2, -0.15) is 0 Å². The van der Waals surface area contributed by atoms with Crippen molar-refractivity contribution < 1.29 is 9.84 Å². The molecule has 1 unspecified atom stereocenters. The number of nitrogens with zero attached hydrogens (tertiary/aromatic N) is 1. The summed E-state index contributed by atoms with van der Waals surface area (Å²) >= 11 is 0. The largest absolute Gasteiger partial charge is 0.493 e. The number of aryl methyl sites for hydroxylation is 1. The van der Waals surface area contributed by atoms with Crippen molar-refractivity contribution in [2.75, 3.05) is 6.61 Å². The van der Waals surface area contributed by atoms with Gasteiger partial charge >= 0.3 is 0 Å². The van der Waals surface area contributed by atoms with E-state index in [-0.39, 0.29) is 6.10 Å². The predicted molar refractivity (Wildman–Crippen MR) is 150 cm³/mol. The first-order chi connectivity index (χ1) is 17.3. The van der Waals surface area contributed by atoms with E-state index < -0.39 is 0 Å². The molecule has 0 bridgehead atoms. The molecule has 0 spiro atoms. The number of aliphatic hydroxyl groups is 1. The number of unbranched alkanes of at least 4 members (excludes halogenated alkanes) is 12. The summed E-state index contributed by atoms with van der Waals surface area (Å²) in [6, 6.07) is 10.5. The molecule has 1 heterocycles. The van der Waals surface area contributed by atoms with Crippen LogP contribution in [0.25, 0.3) is 11.1 Å². The van der Waals surface area contributed by atoms with Gasteiger partial charge in [0.15, 0.2) is 0 Å². The molecular formula is C32H51NO2. The van der Waals surface area contributed by atoms with Gasteiger partial charge in [-0.15, -0.1) is 0 Å². The Labute approximate surface area is 215 Å². The molecule has 0 radical (unpaired) electrons. The van der Waals surface area contributed by atoms with Gasteiger partial charge in [0.2, 0.25) is 0 Å². The molecule has 0 aliphatic rings. The third-order valence-electron chi connectivity index (χ3n) is 6.97. The van der Waals surface area contributed by atoms with Crippen LogP contribution >= 0.6 is 0 Å². The van der Waals surface area contributed by atoms with Gasteiger partial charge in [0.25, 0.3) is 0 Å². The van der Waals surface area contributed by atoms with E-state index in [1.807, 2.05) is 12.4 Å². The van der Waals surface area contributed by atoms with Crippen LogP contribution in [0.2, 0.25) is 0 Å². The first-order valence-corrected chi connectivity index (χ1v) is 14.6. The second-order valence-corrected chi connectivity index (χ2v) is 10.1. The third-order valence-corrected chi connectivity index (χ3v) is 6.97. The van der Waals surface area contributed by atoms with Crippen molar-refractivity contribution >= 4 is 0 Å². The van der Waals surface area contributed by atoms with Gasteiger partial charge in [-0.25, -0.2) is 0 Å². The fourth-order valence-corrected chi connectivity index (χ4v) is 4.75. The summed E-state index contributed by atoms with van der Waals surface area (Å²) in [6.45, 7) is 5.27. The quantitative estimate of drug-likeness (QED) is 0.181. The Morgan fingerprint density at radius 1 is 0.714 bits per heavy atom. The minimum absolute atomic E-state index is 0.234. The Morgan fingerprint density at radius 2 is 1.34 bits per heavy atom. The van der Waals surface area contributed by atoms with Crippen molar-refractivity contribution in [1.29, 1.82) is 0 Å². The van der Waals surface area contributed by atoms with Crippen molar-refractivity contribution in [1.82, 2.24) is 4.98 Å². The molecule has 0 aliphatic heterocycles. The van der Waals surface area contributed by atoms with E-state index in [4.69, 9.17) is 4.74 Å². The summed E-state index contributed by atoms with van der Waals surface area (Å²) in [5.74, 6) is 0.955. The maximum absolute atomic E-state index is 10.4. The molecule has 1 aromatic heterocycles. The molecule has 0 aliphatic carbocycles. The lowest BCUT2D eigenvalue weighted by atomic mass is 9.96. The summed E-state index contributed by atoms with van der Waals surface area (Å²) in [7, 11) is 0. The van der Waals surface area contributed by atoms with Crippen LogP contribution in [0.5, 0.6) is 5.75 Å². The highest BCUT2D eigenvalue weighted by Crippen LogP contribution is 2.33. The predicted octanol–water partition coefficient (Wildman–Crippen LogP) is 9.31. The maximum atomic E-state index is 10.4. The Hall–Kier alpha value is -1.87. The van der Waals surface area contributed by atoms with Crippen molar-refractivity contribution in [3.05, 3.63) is 48.3 Å². The number of aliphatic hydroxyl groups excluding tert-OH is 1. The minimum atomic E-state index is -0.234. The Morgan fingerprint density at radius 3 is 2.06 bits per heavy atom. The van der Waals surface area contributed by atoms with Gasteiger partial charge in [0.05, 0.1) is 12.7 Å². The lowest BCUT2D eigenvalue weighted by Gasteiger charge is -2.16. The number of para-hydroxylation sites is 1. The van der Waals surface area contributed by atoms with Gasteiger partial charge in [-0.3, -0.25) is 4.98 Å². The number of rotatable bonds is 21. The summed E-state index contributed by atoms with van der Waals surface area (Å²) in [6.07, 6.45) is 24.3. The fraction of sp³-hybridized carbons (Fsp3) is 0.656. The number of hydrogen-bond donors (Lipinski definition) is 1. The molecular weight excluding hydrogens is 430 g/mol. The van der Waals surface area contributed by atoms with Crippen LogP contribution in [0.3, 0.4) is 0 Å². The molecule has 0 saturated heterocycles. The highest BCUT2D eigenvalue weighted by Gasteiger charge is 2.12. The molecule has 196 valence electrons. The molecule has 1 atom stereocenters. The SMILES string of the molecule is CCCCCCCCCCCCOc1ccccc1-c1ccncc1CCC(O)CCCCCC. The molecule has 1 N–H and O–H groups in total. The van der Waals surface area contributed by atoms with Crippen molar-refractivity contribution in [3.63, 3.8) is 0 Å². The van der Waals surface area contributed by atoms with Crippen LogP contribution in [0, 0.1) is 0 Å². The Kier molecular flexibility index (Phi) is 16.2. The van der Waals surface area contributed by atoms with Crippen LogP contribution in [0.1, 0.15) is 122 Å². The second-order valence-electron chi connectivity index (χ2n) is 10.1. The Balaban J connectivity index is 1.78. The number of aromatic nitrogens is 1. The molecule has 35 heavy (non-hydrogen) atoms. The summed E-state index contributed by atoms with van der Waals surface area (Å²) in [5.41, 5.74) is 3.50. The van der Waals surface area contributed by atoms with Crippen LogP contribution in [0.4, 0.5) is 0 Å². The van der Waals surface area contributed by atoms with Gasteiger partial charge in [0.1, 0.15) is 5.75 Å². The first kappa shape index (κ1) is 29.4. The number of pyridine rings is 1. The molecule has 0 fully saturated rings. The normalized spacial score (nSPS) is 12.1. The highest BCUT2D eigenvalue weighted by molar-refractivity contribution is 5.72. The second kappa shape index (κ2) is 19.3. The Bertz CT molecular complexity index is 776. The van der Waals surface area contributed by atoms with Gasteiger partial charge in [-0.05, 0) is 48.9 Å². The van der Waals surface area contributed by atoms with Crippen LogP contribution in [-0.4, -0.2) is 22.8 Å². The molecule has 3 nitrogen and oxygen atoms in total. The van der Waals surface area contributed by atoms with E-state index in [2.05, 4.69) is 49.2 Å². The first-order valence-electron chi connectivity index (χ1n) is 14.6. The molecule has 0 saturated carbocycles. The van der Waals surface area contributed by atoms with Crippen molar-refractivity contribution in [2.45, 2.75) is 129 Å². The average Bonchev–Trinajstić information content (AvgIpc) is 2.89. The zero-order valence-electron chi connectivity index (χ0n) is 22.6. The topological polar surface area (TPSA) is 42.4 Å². The fourth-order valence-electron chi connectivity index (χ4n) is 4.75. The van der Waals surface area contributed by atoms with E-state index in [0.717, 1.165) is 50.0 Å². The van der Waals surface area contributed by atoms with Crippen molar-refractivity contribution in [3.8, 4) is 16.9 Å². The van der Waals surface area contributed by atoms with Gasteiger partial charge in [-0.1, -0.05) is 116 Å². The summed E-state index contributed by atoms with van der Waals surface area (Å²) in [4.78, 5) is 4.37. The van der Waals surface area contributed by atoms with Gasteiger partial charge < -0.3 is 9.84 Å². The van der Waals surface area contributed by atoms with E-state index in [0.29, 0.717) is 0 Å². The maximum Gasteiger partial charge on any atom is 0.127 e. The molecule has 2 rings (SSSR count). The third kappa shape index (κ3) is 12.6. The molecule has 1 aromatic carbocycles. The number of ether oxygens (including phenoxy) is 1. The number of benzene rings is 1. The lowest BCUT2D eigenvalue weighted by Crippen LogP contribution is -2.08. The van der Waals surface area contributed by atoms with E-state index in [1.165, 1.54) is 88.2 Å². The zero-order valence-corrected chi connectivity index (χ0v) is 22.6. The molecule has 2 aromatic rings. The minimum Gasteiger partial charge on any atom is -0.493 e. The van der Waals surface area contributed by atoms with Gasteiger partial charge in [0, 0.05) is 18.0 Å². The summed E-state index contributed by atoms with van der Waals surface area (Å²) in [5, 5.41) is 10.4. The average molecular weight is 482 g/mol. The van der Waals surface area contributed by atoms with Crippen LogP contribution in [-0.2, 0) is 6.42 Å². The highest BCUT2D eigenvalue weighted by atomic mass is 16.5. The molecule has 3 heteroatoms. The summed E-state index contributed by atoms with van der Waals surface area (Å²) < 4.78 is 6.25. The van der Waals surface area contributed by atoms with E-state index in [9.17, 15) is 5.11 Å². The van der Waals surface area contributed by atoms with Crippen LogP contribution < -0.4 is 4.74 Å². The van der Waals surface area contributed by atoms with Crippen molar-refractivity contribution in [2.24, 2.45) is 0 Å². The number of hydrogen-bond acceptors (Lipinski definition) is 3. The smallest absolute Gasteiger partial charge is 0.127 e. The van der Waals surface area contributed by atoms with E-state index in [1.54, 1.807) is 0 Å². The van der Waals surface area contributed by atoms with E-state index >= 15 is 0 Å². The molecule has 0 amide bonds. The van der Waals surface area contributed by atoms with Crippen LogP contribution in [0.15, 0.2) is 42.7 Å².